The number of hydrogen-bond acceptors (Lipinski definition) is 5. The highest BCUT2D eigenvalue weighted by molar-refractivity contribution is 6.04. The molecule has 7 nitrogen and oxygen atoms in total. The number of carbonyl (C=O) groups excluding carboxylic acids is 1. The molecular formula is C17H12N2O5. The molecule has 0 aromatic heterocycles. The van der Waals surface area contributed by atoms with Crippen molar-refractivity contribution in [3.8, 4) is 0 Å². The molecule has 2 aromatic rings. The van der Waals surface area contributed by atoms with Crippen LogP contribution < -0.4 is 0 Å². The van der Waals surface area contributed by atoms with Crippen LogP contribution in [-0.4, -0.2) is 15.6 Å². The molecular weight excluding hydrogens is 312 g/mol. The van der Waals surface area contributed by atoms with Gasteiger partial charge >= 0.3 is 0 Å². The number of benzene rings is 2. The third-order valence-corrected chi connectivity index (χ3v) is 3.09. The molecule has 0 heterocycles. The van der Waals surface area contributed by atoms with Gasteiger partial charge in [0.1, 0.15) is 0 Å². The van der Waals surface area contributed by atoms with Gasteiger partial charge in [-0.3, -0.25) is 25.0 Å². The van der Waals surface area contributed by atoms with Crippen molar-refractivity contribution in [3.63, 3.8) is 0 Å². The molecule has 0 saturated carbocycles. The lowest BCUT2D eigenvalue weighted by atomic mass is 10.1. The molecule has 7 heteroatoms. The monoisotopic (exact) mass is 324 g/mol. The molecule has 24 heavy (non-hydrogen) atoms. The molecule has 0 amide bonds. The van der Waals surface area contributed by atoms with Gasteiger partial charge in [-0.2, -0.15) is 0 Å². The van der Waals surface area contributed by atoms with Crippen molar-refractivity contribution in [2.75, 3.05) is 0 Å². The number of ketones is 1. The average Bonchev–Trinajstić information content (AvgIpc) is 2.58. The van der Waals surface area contributed by atoms with Gasteiger partial charge in [0.05, 0.1) is 9.85 Å². The molecule has 2 rings (SSSR count). The first-order valence-corrected chi connectivity index (χ1v) is 6.85. The Labute approximate surface area is 136 Å². The quantitative estimate of drug-likeness (QED) is 0.456. The van der Waals surface area contributed by atoms with Crippen LogP contribution in [-0.2, 0) is 4.79 Å². The molecule has 2 aromatic carbocycles. The van der Waals surface area contributed by atoms with E-state index in [0.717, 1.165) is 0 Å². The summed E-state index contributed by atoms with van der Waals surface area (Å²) in [6.45, 7) is 0. The van der Waals surface area contributed by atoms with E-state index in [1.165, 1.54) is 36.4 Å². The van der Waals surface area contributed by atoms with Gasteiger partial charge in [-0.15, -0.1) is 0 Å². The largest absolute Gasteiger partial charge is 0.290 e. The predicted molar refractivity (Wildman–Crippen MR) is 89.3 cm³/mol. The molecule has 0 atom stereocenters. The van der Waals surface area contributed by atoms with Gasteiger partial charge in [0, 0.05) is 24.3 Å². The summed E-state index contributed by atoms with van der Waals surface area (Å²) in [5.74, 6) is -0.272. The zero-order valence-corrected chi connectivity index (χ0v) is 12.4. The number of non-ortho nitro benzene ring substituents is 2. The van der Waals surface area contributed by atoms with Crippen LogP contribution in [0.5, 0.6) is 0 Å². The van der Waals surface area contributed by atoms with Crippen molar-refractivity contribution in [3.05, 3.63) is 92.0 Å². The van der Waals surface area contributed by atoms with Crippen LogP contribution in [0.3, 0.4) is 0 Å². The lowest BCUT2D eigenvalue weighted by Gasteiger charge is -1.94. The molecule has 0 bridgehead atoms. The number of carbonyl (C=O) groups is 1. The fourth-order valence-electron chi connectivity index (χ4n) is 1.83. The average molecular weight is 324 g/mol. The van der Waals surface area contributed by atoms with Gasteiger partial charge in [0.2, 0.25) is 0 Å². The summed E-state index contributed by atoms with van der Waals surface area (Å²) in [6.07, 6.45) is 5.77. The Morgan fingerprint density at radius 3 is 1.33 bits per heavy atom. The molecule has 0 unspecified atom stereocenters. The van der Waals surface area contributed by atoms with Crippen molar-refractivity contribution in [1.82, 2.24) is 0 Å². The first-order valence-electron chi connectivity index (χ1n) is 6.85. The summed E-state index contributed by atoms with van der Waals surface area (Å²) in [4.78, 5) is 31.8. The first-order chi connectivity index (χ1) is 11.5. The highest BCUT2D eigenvalue weighted by Crippen LogP contribution is 2.14. The van der Waals surface area contributed by atoms with Crippen molar-refractivity contribution in [2.45, 2.75) is 0 Å². The van der Waals surface area contributed by atoms with Crippen LogP contribution in [0.1, 0.15) is 11.1 Å². The minimum Gasteiger partial charge on any atom is -0.290 e. The van der Waals surface area contributed by atoms with E-state index >= 15 is 0 Å². The highest BCUT2D eigenvalue weighted by atomic mass is 16.6. The summed E-state index contributed by atoms with van der Waals surface area (Å²) < 4.78 is 0. The summed E-state index contributed by atoms with van der Waals surface area (Å²) in [5, 5.41) is 21.1. The van der Waals surface area contributed by atoms with Gasteiger partial charge in [-0.25, -0.2) is 0 Å². The summed E-state index contributed by atoms with van der Waals surface area (Å²) in [5.41, 5.74) is 1.29. The second-order valence-corrected chi connectivity index (χ2v) is 4.77. The van der Waals surface area contributed by atoms with Crippen LogP contribution in [0.4, 0.5) is 11.4 Å². The summed E-state index contributed by atoms with van der Waals surface area (Å²) in [7, 11) is 0. The smallest absolute Gasteiger partial charge is 0.269 e. The van der Waals surface area contributed by atoms with E-state index in [4.69, 9.17) is 0 Å². The lowest BCUT2D eigenvalue weighted by Crippen LogP contribution is -1.88. The fraction of sp³-hybridized carbons (Fsp3) is 0. The second kappa shape index (κ2) is 7.59. The Balaban J connectivity index is 1.98. The molecule has 0 radical (unpaired) electrons. The van der Waals surface area contributed by atoms with Crippen LogP contribution in [0.25, 0.3) is 12.2 Å². The van der Waals surface area contributed by atoms with E-state index in [-0.39, 0.29) is 17.2 Å². The number of hydrogen-bond donors (Lipinski definition) is 0. The number of allylic oxidation sites excluding steroid dienone is 2. The van der Waals surface area contributed by atoms with Crippen LogP contribution in [0, 0.1) is 20.2 Å². The maximum Gasteiger partial charge on any atom is 0.269 e. The molecule has 0 spiro atoms. The Bertz CT molecular complexity index is 752. The SMILES string of the molecule is O=C(/C=C\c1ccc([N+](=O)[O-])cc1)/C=C/c1ccc([N+](=O)[O-])cc1. The van der Waals surface area contributed by atoms with E-state index < -0.39 is 9.85 Å². The van der Waals surface area contributed by atoms with Gasteiger partial charge in [-0.05, 0) is 47.5 Å². The van der Waals surface area contributed by atoms with E-state index in [0.29, 0.717) is 11.1 Å². The second-order valence-electron chi connectivity index (χ2n) is 4.77. The minimum atomic E-state index is -0.494. The molecule has 0 aliphatic carbocycles. The molecule has 0 N–H and O–H groups in total. The Kier molecular flexibility index (Phi) is 5.30. The van der Waals surface area contributed by atoms with E-state index in [1.807, 2.05) is 0 Å². The topological polar surface area (TPSA) is 103 Å². The van der Waals surface area contributed by atoms with Gasteiger partial charge in [0.25, 0.3) is 11.4 Å². The maximum absolute atomic E-state index is 11.7. The third-order valence-electron chi connectivity index (χ3n) is 3.09. The van der Waals surface area contributed by atoms with E-state index in [9.17, 15) is 25.0 Å². The summed E-state index contributed by atoms with van der Waals surface area (Å²) in [6, 6.07) is 11.6. The van der Waals surface area contributed by atoms with Crippen molar-refractivity contribution >= 4 is 29.3 Å². The molecule has 0 fully saturated rings. The summed E-state index contributed by atoms with van der Waals surface area (Å²) >= 11 is 0. The number of rotatable bonds is 6. The normalized spacial score (nSPS) is 11.0. The third kappa shape index (κ3) is 4.70. The molecule has 0 saturated heterocycles. The van der Waals surface area contributed by atoms with E-state index in [1.54, 1.807) is 36.4 Å². The van der Waals surface area contributed by atoms with Gasteiger partial charge in [-0.1, -0.05) is 12.2 Å². The number of nitrogens with zero attached hydrogens (tertiary/aromatic N) is 2. The standard InChI is InChI=1S/C17H12N2O5/c20-17(11-5-13-1-7-15(8-2-13)18(21)22)12-6-14-3-9-16(10-4-14)19(23)24/h1-12H/b11-5-,12-6+. The van der Waals surface area contributed by atoms with Crippen LogP contribution in [0.15, 0.2) is 60.7 Å². The minimum absolute atomic E-state index is 0.0171. The van der Waals surface area contributed by atoms with Gasteiger partial charge in [0.15, 0.2) is 5.78 Å². The Hall–Kier alpha value is -3.61. The zero-order chi connectivity index (χ0) is 17.5. The molecule has 120 valence electrons. The van der Waals surface area contributed by atoms with Crippen molar-refractivity contribution in [2.24, 2.45) is 0 Å². The lowest BCUT2D eigenvalue weighted by molar-refractivity contribution is -0.385. The van der Waals surface area contributed by atoms with Crippen LogP contribution in [0.2, 0.25) is 0 Å². The number of nitro benzene ring substituents is 2. The number of nitro groups is 2. The zero-order valence-electron chi connectivity index (χ0n) is 12.4. The highest BCUT2D eigenvalue weighted by Gasteiger charge is 2.03. The molecule has 0 aliphatic heterocycles. The Morgan fingerprint density at radius 2 is 1.04 bits per heavy atom. The maximum atomic E-state index is 11.7. The fourth-order valence-corrected chi connectivity index (χ4v) is 1.83. The van der Waals surface area contributed by atoms with E-state index in [2.05, 4.69) is 0 Å². The van der Waals surface area contributed by atoms with Crippen molar-refractivity contribution < 1.29 is 14.6 Å². The molecule has 0 aliphatic rings. The Morgan fingerprint density at radius 1 is 0.708 bits per heavy atom. The van der Waals surface area contributed by atoms with Crippen molar-refractivity contribution in [1.29, 1.82) is 0 Å². The first kappa shape index (κ1) is 16.8. The predicted octanol–water partition coefficient (Wildman–Crippen LogP) is 3.80. The van der Waals surface area contributed by atoms with Gasteiger partial charge < -0.3 is 0 Å². The van der Waals surface area contributed by atoms with Crippen LogP contribution >= 0.6 is 0 Å².